The molecule has 0 aliphatic heterocycles. The smallest absolute Gasteiger partial charge is 0.132 e. The molecule has 100 valence electrons. The van der Waals surface area contributed by atoms with Crippen molar-refractivity contribution in [1.82, 2.24) is 0 Å². The van der Waals surface area contributed by atoms with Crippen molar-refractivity contribution in [2.75, 3.05) is 0 Å². The van der Waals surface area contributed by atoms with Crippen molar-refractivity contribution in [3.05, 3.63) is 12.7 Å². The van der Waals surface area contributed by atoms with Crippen LogP contribution in [0.3, 0.4) is 0 Å². The first-order chi connectivity index (χ1) is 8.31. The molecule has 1 heteroatoms. The first kappa shape index (κ1) is 16.4. The number of rotatable bonds is 13. The van der Waals surface area contributed by atoms with E-state index in [0.29, 0.717) is 5.78 Å². The predicted octanol–water partition coefficient (Wildman–Crippen LogP) is 5.44. The predicted molar refractivity (Wildman–Crippen MR) is 76.3 cm³/mol. The lowest BCUT2D eigenvalue weighted by molar-refractivity contribution is -0.119. The summed E-state index contributed by atoms with van der Waals surface area (Å²) in [5.41, 5.74) is 0. The second-order valence-electron chi connectivity index (χ2n) is 4.94. The zero-order valence-corrected chi connectivity index (χ0v) is 11.7. The molecule has 0 aromatic rings. The zero-order chi connectivity index (χ0) is 12.8. The van der Waals surface area contributed by atoms with Gasteiger partial charge in [-0.2, -0.15) is 0 Å². The number of hydrogen-bond donors (Lipinski definition) is 0. The summed E-state index contributed by atoms with van der Waals surface area (Å²) >= 11 is 0. The molecular weight excluding hydrogens is 208 g/mol. The minimum Gasteiger partial charge on any atom is -0.300 e. The van der Waals surface area contributed by atoms with E-state index in [0.717, 1.165) is 32.1 Å². The maximum absolute atomic E-state index is 11.5. The van der Waals surface area contributed by atoms with Gasteiger partial charge in [0.1, 0.15) is 5.78 Å². The van der Waals surface area contributed by atoms with Gasteiger partial charge in [0.25, 0.3) is 0 Å². The number of hydrogen-bond acceptors (Lipinski definition) is 1. The van der Waals surface area contributed by atoms with Crippen molar-refractivity contribution in [1.29, 1.82) is 0 Å². The molecule has 17 heavy (non-hydrogen) atoms. The summed E-state index contributed by atoms with van der Waals surface area (Å²) < 4.78 is 0. The average molecular weight is 238 g/mol. The topological polar surface area (TPSA) is 17.1 Å². The van der Waals surface area contributed by atoms with E-state index in [1.807, 2.05) is 6.08 Å². The van der Waals surface area contributed by atoms with Crippen LogP contribution in [-0.4, -0.2) is 5.78 Å². The highest BCUT2D eigenvalue weighted by Crippen LogP contribution is 2.10. The zero-order valence-electron chi connectivity index (χ0n) is 11.7. The summed E-state index contributed by atoms with van der Waals surface area (Å²) in [4.78, 5) is 11.5. The molecule has 0 aromatic carbocycles. The van der Waals surface area contributed by atoms with E-state index < -0.39 is 0 Å². The quantitative estimate of drug-likeness (QED) is 0.308. The molecule has 0 fully saturated rings. The van der Waals surface area contributed by atoms with E-state index in [1.54, 1.807) is 0 Å². The van der Waals surface area contributed by atoms with Gasteiger partial charge in [-0.15, -0.1) is 6.58 Å². The molecule has 0 saturated heterocycles. The van der Waals surface area contributed by atoms with Crippen LogP contribution in [0.4, 0.5) is 0 Å². The fourth-order valence-corrected chi connectivity index (χ4v) is 2.02. The van der Waals surface area contributed by atoms with E-state index in [4.69, 9.17) is 0 Å². The third-order valence-electron chi connectivity index (χ3n) is 3.17. The van der Waals surface area contributed by atoms with Gasteiger partial charge in [0.15, 0.2) is 0 Å². The second-order valence-corrected chi connectivity index (χ2v) is 4.94. The molecule has 0 bridgehead atoms. The van der Waals surface area contributed by atoms with Crippen LogP contribution in [0, 0.1) is 0 Å². The molecule has 0 radical (unpaired) electrons. The summed E-state index contributed by atoms with van der Waals surface area (Å²) in [7, 11) is 0. The molecule has 0 spiro atoms. The van der Waals surface area contributed by atoms with Gasteiger partial charge < -0.3 is 0 Å². The van der Waals surface area contributed by atoms with Crippen LogP contribution in [0.25, 0.3) is 0 Å². The number of ketones is 1. The third kappa shape index (κ3) is 13.3. The van der Waals surface area contributed by atoms with Gasteiger partial charge in [0.05, 0.1) is 0 Å². The van der Waals surface area contributed by atoms with Crippen LogP contribution in [0.5, 0.6) is 0 Å². The van der Waals surface area contributed by atoms with Crippen LogP contribution in [-0.2, 0) is 4.79 Å². The highest BCUT2D eigenvalue weighted by atomic mass is 16.1. The number of allylic oxidation sites excluding steroid dienone is 1. The van der Waals surface area contributed by atoms with Gasteiger partial charge >= 0.3 is 0 Å². The SMILES string of the molecule is C=CCCCC(=O)CCCCCCCCCC. The Hall–Kier alpha value is -0.590. The summed E-state index contributed by atoms with van der Waals surface area (Å²) in [5, 5.41) is 0. The Bertz CT molecular complexity index is 184. The first-order valence-corrected chi connectivity index (χ1v) is 7.43. The lowest BCUT2D eigenvalue weighted by Gasteiger charge is -2.01. The molecule has 0 atom stereocenters. The number of unbranched alkanes of at least 4 members (excludes halogenated alkanes) is 8. The number of Topliss-reactive ketones (excluding diaryl/α,β-unsaturated/α-hetero) is 1. The molecular formula is C16H30O. The minimum atomic E-state index is 0.442. The van der Waals surface area contributed by atoms with Crippen molar-refractivity contribution >= 4 is 5.78 Å². The standard InChI is InChI=1S/C16H30O/c1-3-5-7-8-9-10-11-13-15-16(17)14-12-6-4-2/h4H,2-3,5-15H2,1H3. The monoisotopic (exact) mass is 238 g/mol. The first-order valence-electron chi connectivity index (χ1n) is 7.43. The van der Waals surface area contributed by atoms with Crippen molar-refractivity contribution in [3.8, 4) is 0 Å². The Balaban J connectivity index is 3.11. The average Bonchev–Trinajstić information content (AvgIpc) is 2.33. The summed E-state index contributed by atoms with van der Waals surface area (Å²) in [6.45, 7) is 5.91. The molecule has 0 amide bonds. The molecule has 0 unspecified atom stereocenters. The Morgan fingerprint density at radius 2 is 1.41 bits per heavy atom. The van der Waals surface area contributed by atoms with Crippen molar-refractivity contribution in [3.63, 3.8) is 0 Å². The van der Waals surface area contributed by atoms with Crippen LogP contribution in [0.1, 0.15) is 84.0 Å². The molecule has 0 N–H and O–H groups in total. The van der Waals surface area contributed by atoms with E-state index in [2.05, 4.69) is 13.5 Å². The molecule has 0 saturated carbocycles. The molecule has 0 rings (SSSR count). The summed E-state index contributed by atoms with van der Waals surface area (Å²) in [6.07, 6.45) is 15.9. The Morgan fingerprint density at radius 3 is 2.00 bits per heavy atom. The molecule has 0 aliphatic rings. The van der Waals surface area contributed by atoms with Gasteiger partial charge in [-0.1, -0.05) is 57.9 Å². The van der Waals surface area contributed by atoms with Gasteiger partial charge in [-0.25, -0.2) is 0 Å². The lowest BCUT2D eigenvalue weighted by atomic mass is 10.0. The number of carbonyl (C=O) groups excluding carboxylic acids is 1. The Morgan fingerprint density at radius 1 is 0.882 bits per heavy atom. The lowest BCUT2D eigenvalue weighted by Crippen LogP contribution is -1.97. The maximum atomic E-state index is 11.5. The van der Waals surface area contributed by atoms with E-state index in [1.165, 1.54) is 44.9 Å². The van der Waals surface area contributed by atoms with Gasteiger partial charge in [-0.05, 0) is 19.3 Å². The fourth-order valence-electron chi connectivity index (χ4n) is 2.02. The largest absolute Gasteiger partial charge is 0.300 e. The Labute approximate surface area is 108 Å². The van der Waals surface area contributed by atoms with Gasteiger partial charge in [-0.3, -0.25) is 4.79 Å². The van der Waals surface area contributed by atoms with E-state index in [9.17, 15) is 4.79 Å². The van der Waals surface area contributed by atoms with Crippen LogP contribution >= 0.6 is 0 Å². The third-order valence-corrected chi connectivity index (χ3v) is 3.17. The van der Waals surface area contributed by atoms with Crippen LogP contribution < -0.4 is 0 Å². The van der Waals surface area contributed by atoms with E-state index >= 15 is 0 Å². The van der Waals surface area contributed by atoms with Crippen molar-refractivity contribution < 1.29 is 4.79 Å². The molecule has 0 aromatic heterocycles. The summed E-state index contributed by atoms with van der Waals surface area (Å²) in [5.74, 6) is 0.442. The second kappa shape index (κ2) is 13.5. The molecule has 1 nitrogen and oxygen atoms in total. The normalized spacial score (nSPS) is 10.4. The van der Waals surface area contributed by atoms with Crippen molar-refractivity contribution in [2.24, 2.45) is 0 Å². The fraction of sp³-hybridized carbons (Fsp3) is 0.812. The molecule has 0 heterocycles. The summed E-state index contributed by atoms with van der Waals surface area (Å²) in [6, 6.07) is 0. The highest BCUT2D eigenvalue weighted by Gasteiger charge is 2.00. The number of carbonyl (C=O) groups is 1. The highest BCUT2D eigenvalue weighted by molar-refractivity contribution is 5.78. The molecule has 0 aliphatic carbocycles. The van der Waals surface area contributed by atoms with Crippen LogP contribution in [0.2, 0.25) is 0 Å². The maximum Gasteiger partial charge on any atom is 0.132 e. The Kier molecular flexibility index (Phi) is 13.0. The van der Waals surface area contributed by atoms with E-state index in [-0.39, 0.29) is 0 Å². The van der Waals surface area contributed by atoms with Crippen LogP contribution in [0.15, 0.2) is 12.7 Å². The van der Waals surface area contributed by atoms with Crippen molar-refractivity contribution in [2.45, 2.75) is 84.0 Å². The minimum absolute atomic E-state index is 0.442. The van der Waals surface area contributed by atoms with Gasteiger partial charge in [0, 0.05) is 12.8 Å². The van der Waals surface area contributed by atoms with Gasteiger partial charge in [0.2, 0.25) is 0 Å².